The van der Waals surface area contributed by atoms with Crippen molar-refractivity contribution in [3.8, 4) is 0 Å². The molecule has 2 rings (SSSR count). The summed E-state index contributed by atoms with van der Waals surface area (Å²) in [5.41, 5.74) is 3.36. The highest BCUT2D eigenvalue weighted by Gasteiger charge is 2.12. The molecule has 0 atom stereocenters. The molecule has 2 aromatic heterocycles. The molecule has 0 unspecified atom stereocenters. The van der Waals surface area contributed by atoms with Gasteiger partial charge in [-0.2, -0.15) is 5.10 Å². The molecule has 0 saturated heterocycles. The minimum absolute atomic E-state index is 0.721. The Kier molecular flexibility index (Phi) is 4.66. The molecule has 0 radical (unpaired) electrons. The summed E-state index contributed by atoms with van der Waals surface area (Å²) >= 11 is 6.28. The fourth-order valence-electron chi connectivity index (χ4n) is 2.18. The van der Waals surface area contributed by atoms with Gasteiger partial charge in [0.05, 0.1) is 12.2 Å². The molecule has 19 heavy (non-hydrogen) atoms. The third kappa shape index (κ3) is 3.19. The average Bonchev–Trinajstić information content (AvgIpc) is 2.91. The number of aromatic nitrogens is 3. The Hall–Kier alpha value is -1.26. The van der Waals surface area contributed by atoms with E-state index < -0.39 is 0 Å². The van der Waals surface area contributed by atoms with Crippen LogP contribution in [0.25, 0.3) is 0 Å². The molecule has 0 spiro atoms. The zero-order chi connectivity index (χ0) is 13.8. The van der Waals surface area contributed by atoms with E-state index in [0.717, 1.165) is 42.5 Å². The Labute approximate surface area is 119 Å². The van der Waals surface area contributed by atoms with Crippen LogP contribution in [0.15, 0.2) is 18.3 Å². The van der Waals surface area contributed by atoms with Gasteiger partial charge in [-0.15, -0.1) is 0 Å². The van der Waals surface area contributed by atoms with Crippen molar-refractivity contribution in [2.24, 2.45) is 7.05 Å². The quantitative estimate of drug-likeness (QED) is 0.826. The number of nitrogens with zero attached hydrogens (tertiary/aromatic N) is 3. The van der Waals surface area contributed by atoms with Crippen LogP contribution in [0.4, 0.5) is 0 Å². The Balaban J connectivity index is 2.13. The maximum absolute atomic E-state index is 6.28. The van der Waals surface area contributed by atoms with Crippen LogP contribution in [0.5, 0.6) is 0 Å². The number of hydrogen-bond acceptors (Lipinski definition) is 2. The second-order valence-corrected chi connectivity index (χ2v) is 5.14. The SMILES string of the molecule is CCCNCc1cccn1Cc1c(C)nn(C)c1Cl. The fraction of sp³-hybridized carbons (Fsp3) is 0.500. The first kappa shape index (κ1) is 14.2. The second-order valence-electron chi connectivity index (χ2n) is 4.78. The summed E-state index contributed by atoms with van der Waals surface area (Å²) in [5, 5.41) is 8.50. The minimum Gasteiger partial charge on any atom is -0.346 e. The van der Waals surface area contributed by atoms with Crippen LogP contribution < -0.4 is 5.32 Å². The van der Waals surface area contributed by atoms with Crippen molar-refractivity contribution in [3.05, 3.63) is 40.4 Å². The van der Waals surface area contributed by atoms with Crippen molar-refractivity contribution in [1.29, 1.82) is 0 Å². The van der Waals surface area contributed by atoms with Gasteiger partial charge in [-0.05, 0) is 32.0 Å². The highest BCUT2D eigenvalue weighted by Crippen LogP contribution is 2.20. The predicted octanol–water partition coefficient (Wildman–Crippen LogP) is 2.73. The lowest BCUT2D eigenvalue weighted by Crippen LogP contribution is -2.17. The first-order valence-corrected chi connectivity index (χ1v) is 7.04. The highest BCUT2D eigenvalue weighted by molar-refractivity contribution is 6.30. The van der Waals surface area contributed by atoms with E-state index in [4.69, 9.17) is 11.6 Å². The van der Waals surface area contributed by atoms with E-state index in [-0.39, 0.29) is 0 Å². The maximum Gasteiger partial charge on any atom is 0.131 e. The monoisotopic (exact) mass is 280 g/mol. The van der Waals surface area contributed by atoms with Crippen molar-refractivity contribution >= 4 is 11.6 Å². The Morgan fingerprint density at radius 3 is 2.84 bits per heavy atom. The number of nitrogens with one attached hydrogen (secondary N) is 1. The molecular weight excluding hydrogens is 260 g/mol. The van der Waals surface area contributed by atoms with Gasteiger partial charge in [-0.25, -0.2) is 0 Å². The molecule has 0 fully saturated rings. The van der Waals surface area contributed by atoms with E-state index in [1.807, 2.05) is 14.0 Å². The van der Waals surface area contributed by atoms with Crippen LogP contribution in [0.2, 0.25) is 5.15 Å². The lowest BCUT2D eigenvalue weighted by molar-refractivity contribution is 0.629. The molecule has 2 heterocycles. The summed E-state index contributed by atoms with van der Waals surface area (Å²) in [6, 6.07) is 4.21. The predicted molar refractivity (Wildman–Crippen MR) is 78.5 cm³/mol. The normalized spacial score (nSPS) is 11.2. The zero-order valence-electron chi connectivity index (χ0n) is 11.8. The number of halogens is 1. The average molecular weight is 281 g/mol. The van der Waals surface area contributed by atoms with Gasteiger partial charge in [0.15, 0.2) is 0 Å². The van der Waals surface area contributed by atoms with Crippen LogP contribution in [-0.2, 0) is 20.1 Å². The number of hydrogen-bond donors (Lipinski definition) is 1. The van der Waals surface area contributed by atoms with Crippen molar-refractivity contribution in [2.75, 3.05) is 6.54 Å². The van der Waals surface area contributed by atoms with Gasteiger partial charge in [0.25, 0.3) is 0 Å². The maximum atomic E-state index is 6.28. The Bertz CT molecular complexity index is 542. The molecule has 0 bridgehead atoms. The topological polar surface area (TPSA) is 34.8 Å². The van der Waals surface area contributed by atoms with Gasteiger partial charge in [-0.3, -0.25) is 4.68 Å². The van der Waals surface area contributed by atoms with Crippen LogP contribution in [0.3, 0.4) is 0 Å². The first-order valence-electron chi connectivity index (χ1n) is 6.66. The van der Waals surface area contributed by atoms with Gasteiger partial charge in [0, 0.05) is 31.0 Å². The highest BCUT2D eigenvalue weighted by atomic mass is 35.5. The third-order valence-electron chi connectivity index (χ3n) is 3.25. The molecule has 4 nitrogen and oxygen atoms in total. The number of aryl methyl sites for hydroxylation is 2. The summed E-state index contributed by atoms with van der Waals surface area (Å²) < 4.78 is 3.95. The van der Waals surface area contributed by atoms with E-state index in [1.165, 1.54) is 5.69 Å². The van der Waals surface area contributed by atoms with Crippen molar-refractivity contribution in [1.82, 2.24) is 19.7 Å². The van der Waals surface area contributed by atoms with Gasteiger partial charge >= 0.3 is 0 Å². The third-order valence-corrected chi connectivity index (χ3v) is 3.73. The Morgan fingerprint density at radius 2 is 2.21 bits per heavy atom. The minimum atomic E-state index is 0.721. The van der Waals surface area contributed by atoms with E-state index in [1.54, 1.807) is 4.68 Å². The molecule has 1 N–H and O–H groups in total. The van der Waals surface area contributed by atoms with Gasteiger partial charge in [0.2, 0.25) is 0 Å². The standard InChI is InChI=1S/C14H21ClN4/c1-4-7-16-9-12-6-5-8-19(12)10-13-11(2)17-18(3)14(13)15/h5-6,8,16H,4,7,9-10H2,1-3H3. The van der Waals surface area contributed by atoms with Crippen LogP contribution >= 0.6 is 11.6 Å². The molecule has 0 aliphatic carbocycles. The van der Waals surface area contributed by atoms with E-state index in [2.05, 4.69) is 40.2 Å². The lowest BCUT2D eigenvalue weighted by Gasteiger charge is -2.10. The molecule has 2 aromatic rings. The smallest absolute Gasteiger partial charge is 0.131 e. The summed E-state index contributed by atoms with van der Waals surface area (Å²) in [5.74, 6) is 0. The van der Waals surface area contributed by atoms with Crippen LogP contribution in [0.1, 0.15) is 30.3 Å². The van der Waals surface area contributed by atoms with Crippen molar-refractivity contribution in [2.45, 2.75) is 33.4 Å². The van der Waals surface area contributed by atoms with E-state index in [0.29, 0.717) is 0 Å². The molecule has 0 aliphatic heterocycles. The van der Waals surface area contributed by atoms with Gasteiger partial charge < -0.3 is 9.88 Å². The number of rotatable bonds is 6. The molecule has 0 amide bonds. The van der Waals surface area contributed by atoms with Crippen LogP contribution in [0, 0.1) is 6.92 Å². The van der Waals surface area contributed by atoms with Crippen molar-refractivity contribution in [3.63, 3.8) is 0 Å². The Morgan fingerprint density at radius 1 is 1.42 bits per heavy atom. The molecule has 0 aromatic carbocycles. The molecule has 5 heteroatoms. The summed E-state index contributed by atoms with van der Waals surface area (Å²) in [4.78, 5) is 0. The summed E-state index contributed by atoms with van der Waals surface area (Å²) in [6.07, 6.45) is 3.24. The molecule has 0 aliphatic rings. The van der Waals surface area contributed by atoms with Crippen molar-refractivity contribution < 1.29 is 0 Å². The van der Waals surface area contributed by atoms with E-state index in [9.17, 15) is 0 Å². The first-order chi connectivity index (χ1) is 9.13. The fourth-order valence-corrected chi connectivity index (χ4v) is 2.42. The van der Waals surface area contributed by atoms with Crippen LogP contribution in [-0.4, -0.2) is 20.9 Å². The second kappa shape index (κ2) is 6.26. The molecule has 104 valence electrons. The molecule has 0 saturated carbocycles. The lowest BCUT2D eigenvalue weighted by atomic mass is 10.2. The summed E-state index contributed by atoms with van der Waals surface area (Å²) in [7, 11) is 1.87. The van der Waals surface area contributed by atoms with Gasteiger partial charge in [-0.1, -0.05) is 18.5 Å². The summed E-state index contributed by atoms with van der Waals surface area (Å²) in [6.45, 7) is 6.87. The van der Waals surface area contributed by atoms with Gasteiger partial charge in [0.1, 0.15) is 5.15 Å². The largest absolute Gasteiger partial charge is 0.346 e. The molecular formula is C14H21ClN4. The van der Waals surface area contributed by atoms with E-state index >= 15 is 0 Å². The zero-order valence-corrected chi connectivity index (χ0v) is 12.5.